The number of nitrogens with zero attached hydrogens (tertiary/aromatic N) is 5. The highest BCUT2D eigenvalue weighted by Gasteiger charge is 2.55. The quantitative estimate of drug-likeness (QED) is 0.129. The molecule has 0 aliphatic carbocycles. The number of aliphatic hydroxyl groups excluding tert-OH is 1. The Bertz CT molecular complexity index is 1290. The molecule has 1 aromatic carbocycles. The molecular formula is C20H25FN7O8P. The molecule has 2 aromatic rings. The van der Waals surface area contributed by atoms with Gasteiger partial charge in [0, 0.05) is 11.1 Å². The lowest BCUT2D eigenvalue weighted by molar-refractivity contribution is -0.142. The van der Waals surface area contributed by atoms with Crippen molar-refractivity contribution in [2.45, 2.75) is 43.9 Å². The van der Waals surface area contributed by atoms with Crippen LogP contribution in [0.5, 0.6) is 5.75 Å². The minimum Gasteiger partial charge on any atom is -0.468 e. The molecule has 0 spiro atoms. The van der Waals surface area contributed by atoms with Crippen LogP contribution in [0.4, 0.5) is 10.2 Å². The number of esters is 1. The predicted molar refractivity (Wildman–Crippen MR) is 126 cm³/mol. The summed E-state index contributed by atoms with van der Waals surface area (Å²) < 4.78 is 49.1. The van der Waals surface area contributed by atoms with Gasteiger partial charge in [-0.15, -0.1) is 0 Å². The number of nitrogens with two attached hydrogens (primary N) is 1. The number of rotatable bonds is 10. The van der Waals surface area contributed by atoms with Gasteiger partial charge >= 0.3 is 19.4 Å². The zero-order chi connectivity index (χ0) is 27.4. The summed E-state index contributed by atoms with van der Waals surface area (Å²) in [5.74, 6) is -1.47. The molecule has 1 aliphatic heterocycles. The second-order valence-electron chi connectivity index (χ2n) is 8.14. The molecule has 0 amide bonds. The number of hydrogen-bond acceptors (Lipinski definition) is 11. The molecule has 2 heterocycles. The number of ether oxygens (including phenoxy) is 2. The van der Waals surface area contributed by atoms with Crippen LogP contribution in [0.3, 0.4) is 0 Å². The number of nitrogens with one attached hydrogen (secondary N) is 1. The van der Waals surface area contributed by atoms with Gasteiger partial charge in [-0.2, -0.15) is 10.1 Å². The van der Waals surface area contributed by atoms with Gasteiger partial charge in [0.25, 0.3) is 0 Å². The third-order valence-corrected chi connectivity index (χ3v) is 7.12. The van der Waals surface area contributed by atoms with Gasteiger partial charge < -0.3 is 24.8 Å². The number of aliphatic hydroxyl groups is 1. The molecule has 4 N–H and O–H groups in total. The largest absolute Gasteiger partial charge is 0.468 e. The van der Waals surface area contributed by atoms with Crippen molar-refractivity contribution in [3.63, 3.8) is 0 Å². The Kier molecular flexibility index (Phi) is 8.53. The fourth-order valence-electron chi connectivity index (χ4n) is 3.55. The highest BCUT2D eigenvalue weighted by atomic mass is 31.2. The lowest BCUT2D eigenvalue weighted by Crippen LogP contribution is -2.45. The van der Waals surface area contributed by atoms with Gasteiger partial charge in [0.1, 0.15) is 35.1 Å². The van der Waals surface area contributed by atoms with Gasteiger partial charge in [-0.3, -0.25) is 13.9 Å². The van der Waals surface area contributed by atoms with Crippen LogP contribution in [0.15, 0.2) is 46.4 Å². The average Bonchev–Trinajstić information content (AvgIpc) is 3.09. The van der Waals surface area contributed by atoms with Gasteiger partial charge in [0.15, 0.2) is 6.23 Å². The lowest BCUT2D eigenvalue weighted by atomic mass is 9.93. The van der Waals surface area contributed by atoms with E-state index in [1.54, 1.807) is 0 Å². The number of azide groups is 1. The van der Waals surface area contributed by atoms with E-state index in [2.05, 4.69) is 24.8 Å². The summed E-state index contributed by atoms with van der Waals surface area (Å²) in [7, 11) is -3.26. The Morgan fingerprint density at radius 1 is 1.46 bits per heavy atom. The van der Waals surface area contributed by atoms with E-state index in [1.807, 2.05) is 0 Å². The topological polar surface area (TPSA) is 213 Å². The molecule has 0 saturated carbocycles. The fourth-order valence-corrected chi connectivity index (χ4v) is 5.05. The van der Waals surface area contributed by atoms with Gasteiger partial charge in [0.05, 0.1) is 19.8 Å². The third kappa shape index (κ3) is 6.25. The molecule has 0 bridgehead atoms. The molecule has 200 valence electrons. The predicted octanol–water partition coefficient (Wildman–Crippen LogP) is 1.65. The van der Waals surface area contributed by atoms with Crippen LogP contribution in [-0.2, 0) is 23.4 Å². The molecular weight excluding hydrogens is 516 g/mol. The van der Waals surface area contributed by atoms with E-state index >= 15 is 0 Å². The molecule has 1 unspecified atom stereocenters. The standard InChI is InChI=1S/C20H25FN7O8P/c1-11(17(30)33-3)25-37(32,36-13-6-4-12(21)5-7-13)34-10-14-16(29)20(2,26-27-23)18(35-14)28-9-8-15(22)24-19(28)31/h4-9,11,14,16,18,29H,10H2,1-3H3,(H,25,32)(H2,22,24,31)/t11-,14+,16+,18+,20+,37?/m0/s1. The monoisotopic (exact) mass is 541 g/mol. The Labute approximate surface area is 209 Å². The van der Waals surface area contributed by atoms with Crippen molar-refractivity contribution in [1.82, 2.24) is 14.6 Å². The first-order chi connectivity index (χ1) is 17.4. The van der Waals surface area contributed by atoms with Crippen LogP contribution in [0, 0.1) is 5.82 Å². The van der Waals surface area contributed by atoms with Crippen molar-refractivity contribution in [3.05, 3.63) is 63.3 Å². The molecule has 3 rings (SSSR count). The molecule has 6 atom stereocenters. The van der Waals surface area contributed by atoms with E-state index in [4.69, 9.17) is 25.0 Å². The number of carbonyl (C=O) groups excluding carboxylic acids is 1. The number of halogens is 1. The number of methoxy groups -OCH3 is 1. The number of hydrogen-bond donors (Lipinski definition) is 3. The number of benzene rings is 1. The van der Waals surface area contributed by atoms with Crippen molar-refractivity contribution < 1.29 is 37.4 Å². The normalized spacial score (nSPS) is 25.5. The second kappa shape index (κ2) is 11.3. The summed E-state index contributed by atoms with van der Waals surface area (Å²) in [6.45, 7) is 2.06. The third-order valence-electron chi connectivity index (χ3n) is 5.47. The molecule has 37 heavy (non-hydrogen) atoms. The summed E-state index contributed by atoms with van der Waals surface area (Å²) in [6, 6.07) is 4.63. The lowest BCUT2D eigenvalue weighted by Gasteiger charge is -2.28. The van der Waals surface area contributed by atoms with Crippen molar-refractivity contribution in [1.29, 1.82) is 0 Å². The Hall–Kier alpha value is -3.52. The summed E-state index contributed by atoms with van der Waals surface area (Å²) in [5.41, 5.74) is 12.0. The van der Waals surface area contributed by atoms with E-state index < -0.39 is 61.8 Å². The van der Waals surface area contributed by atoms with E-state index in [0.717, 1.165) is 23.8 Å². The van der Waals surface area contributed by atoms with Gasteiger partial charge in [-0.25, -0.2) is 13.8 Å². The maximum atomic E-state index is 13.5. The Morgan fingerprint density at radius 3 is 2.73 bits per heavy atom. The summed E-state index contributed by atoms with van der Waals surface area (Å²) in [6.07, 6.45) is -2.95. The van der Waals surface area contributed by atoms with Crippen molar-refractivity contribution in [2.24, 2.45) is 5.11 Å². The zero-order valence-electron chi connectivity index (χ0n) is 19.9. The first kappa shape index (κ1) is 28.1. The Morgan fingerprint density at radius 2 is 2.14 bits per heavy atom. The molecule has 17 heteroatoms. The fraction of sp³-hybridized carbons (Fsp3) is 0.450. The molecule has 1 aliphatic rings. The number of nitrogen functional groups attached to an aromatic ring is 1. The average molecular weight is 541 g/mol. The Balaban J connectivity index is 1.88. The van der Waals surface area contributed by atoms with Crippen LogP contribution < -0.4 is 21.0 Å². The zero-order valence-corrected chi connectivity index (χ0v) is 20.8. The minimum absolute atomic E-state index is 0.0570. The summed E-state index contributed by atoms with van der Waals surface area (Å²) in [5, 5.41) is 17.0. The maximum absolute atomic E-state index is 13.5. The number of anilines is 1. The van der Waals surface area contributed by atoms with Gasteiger partial charge in [-0.05, 0) is 49.7 Å². The molecule has 1 fully saturated rings. The van der Waals surface area contributed by atoms with Crippen LogP contribution in [0.25, 0.3) is 10.4 Å². The molecule has 1 aromatic heterocycles. The van der Waals surface area contributed by atoms with Crippen molar-refractivity contribution >= 4 is 19.5 Å². The van der Waals surface area contributed by atoms with Gasteiger partial charge in [0.2, 0.25) is 0 Å². The molecule has 1 saturated heterocycles. The second-order valence-corrected chi connectivity index (χ2v) is 9.84. The minimum atomic E-state index is -4.39. The summed E-state index contributed by atoms with van der Waals surface area (Å²) in [4.78, 5) is 30.6. The maximum Gasteiger partial charge on any atom is 0.459 e. The van der Waals surface area contributed by atoms with Gasteiger partial charge in [-0.1, -0.05) is 5.11 Å². The SMILES string of the molecule is COC(=O)[C@H](C)NP(=O)(OC[C@H]1O[C@@H](n2ccc(N)nc2=O)[C@](C)(N=[N+]=[N-])[C@@H]1O)Oc1ccc(F)cc1. The van der Waals surface area contributed by atoms with E-state index in [-0.39, 0.29) is 11.6 Å². The van der Waals surface area contributed by atoms with Crippen LogP contribution >= 0.6 is 7.75 Å². The first-order valence-electron chi connectivity index (χ1n) is 10.7. The van der Waals surface area contributed by atoms with Crippen molar-refractivity contribution in [2.75, 3.05) is 19.5 Å². The van der Waals surface area contributed by atoms with E-state index in [9.17, 15) is 23.7 Å². The molecule has 15 nitrogen and oxygen atoms in total. The number of carbonyl (C=O) groups is 1. The number of aromatic nitrogens is 2. The van der Waals surface area contributed by atoms with Crippen LogP contribution in [0.1, 0.15) is 20.1 Å². The highest BCUT2D eigenvalue weighted by molar-refractivity contribution is 7.52. The van der Waals surface area contributed by atoms with E-state index in [0.29, 0.717) is 0 Å². The van der Waals surface area contributed by atoms with Crippen molar-refractivity contribution in [3.8, 4) is 5.75 Å². The van der Waals surface area contributed by atoms with Crippen LogP contribution in [0.2, 0.25) is 0 Å². The summed E-state index contributed by atoms with van der Waals surface area (Å²) >= 11 is 0. The molecule has 0 radical (unpaired) electrons. The smallest absolute Gasteiger partial charge is 0.459 e. The van der Waals surface area contributed by atoms with Crippen LogP contribution in [-0.4, -0.2) is 58.1 Å². The van der Waals surface area contributed by atoms with E-state index in [1.165, 1.54) is 38.2 Å². The highest BCUT2D eigenvalue weighted by Crippen LogP contribution is 2.47. The first-order valence-corrected chi connectivity index (χ1v) is 12.3.